The van der Waals surface area contributed by atoms with Gasteiger partial charge in [-0.3, -0.25) is 0 Å². The van der Waals surface area contributed by atoms with Gasteiger partial charge >= 0.3 is 17.1 Å². The molecule has 4 aromatic carbocycles. The Balaban J connectivity index is 0.000000706. The van der Waals surface area contributed by atoms with Gasteiger partial charge in [-0.25, -0.2) is 18.2 Å². The Morgan fingerprint density at radius 3 is 1.33 bits per heavy atom. The molecule has 0 atom stereocenters. The van der Waals surface area contributed by atoms with Crippen molar-refractivity contribution in [2.45, 2.75) is 153 Å². The third kappa shape index (κ3) is 8.34. The van der Waals surface area contributed by atoms with Crippen molar-refractivity contribution >= 4 is 53.0 Å². The van der Waals surface area contributed by atoms with Gasteiger partial charge in [-0.15, -0.1) is 0 Å². The zero-order valence-corrected chi connectivity index (χ0v) is 41.6. The molecule has 0 N–H and O–H groups in total. The van der Waals surface area contributed by atoms with Crippen LogP contribution >= 0.6 is 15.8 Å². The van der Waals surface area contributed by atoms with E-state index in [2.05, 4.69) is 108 Å². The molecule has 0 heterocycles. The molecule has 0 amide bonds. The molecule has 0 nitrogen and oxygen atoms in total. The molecule has 4 aromatic rings. The monoisotopic (exact) mass is 870 g/mol. The molecule has 0 aromatic heterocycles. The number of aryl methyl sites for hydroxylation is 2. The van der Waals surface area contributed by atoms with E-state index in [9.17, 15) is 0 Å². The van der Waals surface area contributed by atoms with E-state index in [4.69, 9.17) is 0 Å². The molecular formula is C52H72FeP2Si2. The van der Waals surface area contributed by atoms with Crippen LogP contribution in [0.15, 0.2) is 84.9 Å². The van der Waals surface area contributed by atoms with E-state index in [0.717, 1.165) is 35.5 Å². The summed E-state index contributed by atoms with van der Waals surface area (Å²) in [4.78, 5) is 0. The molecule has 0 saturated heterocycles. The van der Waals surface area contributed by atoms with Crippen LogP contribution in [0.5, 0.6) is 0 Å². The summed E-state index contributed by atoms with van der Waals surface area (Å²) in [6.07, 6.45) is 21.9. The summed E-state index contributed by atoms with van der Waals surface area (Å²) < 4.78 is 0. The summed E-state index contributed by atoms with van der Waals surface area (Å²) in [6, 6.07) is 31.8. The predicted octanol–water partition coefficient (Wildman–Crippen LogP) is 13.1. The molecule has 0 radical (unpaired) electrons. The van der Waals surface area contributed by atoms with E-state index in [-0.39, 0.29) is 25.0 Å². The van der Waals surface area contributed by atoms with Crippen LogP contribution in [0.25, 0.3) is 0 Å². The van der Waals surface area contributed by atoms with Crippen molar-refractivity contribution in [3.8, 4) is 0 Å². The SMILES string of the molecule is Cc1ccccc1P(Cc1cc([Si](C)(C)C)[c-]([Si](C)(C)C)c1CP(C12CC3CC(CC(C3)C1)C2)C12CC3CC(CC(C3)C1)C2)c1ccccc1C.[Fe+2].c1cc[cH-]c1. The van der Waals surface area contributed by atoms with Crippen LogP contribution in [-0.2, 0) is 29.4 Å². The molecule has 57 heavy (non-hydrogen) atoms. The third-order valence-electron chi connectivity index (χ3n) is 16.0. The Labute approximate surface area is 363 Å². The molecule has 8 bridgehead atoms. The van der Waals surface area contributed by atoms with E-state index in [1.54, 1.807) is 87.7 Å². The molecule has 5 heteroatoms. The Hall–Kier alpha value is -1.05. The van der Waals surface area contributed by atoms with Crippen LogP contribution in [0.3, 0.4) is 0 Å². The minimum Gasteiger partial charge on any atom is -0.214 e. The first kappa shape index (κ1) is 42.6. The number of benzene rings is 2. The van der Waals surface area contributed by atoms with Crippen molar-refractivity contribution < 1.29 is 17.1 Å². The first-order valence-corrected chi connectivity index (χ1v) is 32.9. The molecule has 12 rings (SSSR count). The summed E-state index contributed by atoms with van der Waals surface area (Å²) in [5.41, 5.74) is 6.74. The third-order valence-corrected chi connectivity index (χ3v) is 27.2. The zero-order valence-electron chi connectivity index (χ0n) is 36.7. The van der Waals surface area contributed by atoms with Crippen molar-refractivity contribution in [1.82, 2.24) is 0 Å². The van der Waals surface area contributed by atoms with Gasteiger partial charge in [0, 0.05) is 8.07 Å². The van der Waals surface area contributed by atoms with Gasteiger partial charge in [-0.1, -0.05) is 110 Å². The fraction of sp³-hybridized carbons (Fsp3) is 0.577. The second-order valence-corrected chi connectivity index (χ2v) is 37.7. The molecule has 0 unspecified atom stereocenters. The molecule has 8 aliphatic carbocycles. The molecule has 306 valence electrons. The quantitative estimate of drug-likeness (QED) is 0.0846. The van der Waals surface area contributed by atoms with E-state index >= 15 is 0 Å². The summed E-state index contributed by atoms with van der Waals surface area (Å²) >= 11 is 0. The number of hydrogen-bond donors (Lipinski definition) is 0. The summed E-state index contributed by atoms with van der Waals surface area (Å²) in [6.45, 7) is 21.0. The molecular weight excluding hydrogens is 799 g/mol. The van der Waals surface area contributed by atoms with Gasteiger partial charge in [0.25, 0.3) is 0 Å². The number of rotatable bonds is 10. The minimum atomic E-state index is -1.63. The van der Waals surface area contributed by atoms with Gasteiger partial charge in [-0.2, -0.15) is 39.7 Å². The van der Waals surface area contributed by atoms with Crippen molar-refractivity contribution in [2.75, 3.05) is 0 Å². The Bertz CT molecular complexity index is 1810. The van der Waals surface area contributed by atoms with Crippen LogP contribution in [0, 0.1) is 49.4 Å². The zero-order chi connectivity index (χ0) is 39.0. The van der Waals surface area contributed by atoms with Crippen LogP contribution < -0.4 is 21.0 Å². The van der Waals surface area contributed by atoms with Gasteiger partial charge < -0.3 is 0 Å². The smallest absolute Gasteiger partial charge is 0.214 e. The summed E-state index contributed by atoms with van der Waals surface area (Å²) in [7, 11) is -3.79. The van der Waals surface area contributed by atoms with Crippen LogP contribution in [0.4, 0.5) is 0 Å². The maximum atomic E-state index is 2.90. The van der Waals surface area contributed by atoms with E-state index < -0.39 is 24.1 Å². The maximum absolute atomic E-state index is 2.90. The van der Waals surface area contributed by atoms with E-state index in [1.165, 1.54) is 23.5 Å². The minimum absolute atomic E-state index is 0. The van der Waals surface area contributed by atoms with E-state index in [0.29, 0.717) is 10.3 Å². The maximum Gasteiger partial charge on any atom is 2.00 e. The summed E-state index contributed by atoms with van der Waals surface area (Å²) in [5, 5.41) is 8.41. The van der Waals surface area contributed by atoms with Gasteiger partial charge in [-0.05, 0) is 165 Å². The van der Waals surface area contributed by atoms with Gasteiger partial charge in [0.1, 0.15) is 0 Å². The number of hydrogen-bond acceptors (Lipinski definition) is 0. The summed E-state index contributed by atoms with van der Waals surface area (Å²) in [5.74, 6) is 6.32. The van der Waals surface area contributed by atoms with Crippen molar-refractivity contribution in [2.24, 2.45) is 35.5 Å². The van der Waals surface area contributed by atoms with E-state index in [1.807, 2.05) is 51.8 Å². The molecule has 0 aliphatic heterocycles. The Kier molecular flexibility index (Phi) is 12.2. The van der Waals surface area contributed by atoms with Crippen LogP contribution in [-0.4, -0.2) is 26.5 Å². The molecule has 8 saturated carbocycles. The Morgan fingerprint density at radius 1 is 0.596 bits per heavy atom. The second kappa shape index (κ2) is 16.3. The predicted molar refractivity (Wildman–Crippen MR) is 255 cm³/mol. The van der Waals surface area contributed by atoms with Gasteiger partial charge in [0.2, 0.25) is 0 Å². The largest absolute Gasteiger partial charge is 2.00 e. The second-order valence-electron chi connectivity index (χ2n) is 22.4. The van der Waals surface area contributed by atoms with Crippen molar-refractivity contribution in [3.63, 3.8) is 0 Å². The molecule has 8 aliphatic rings. The van der Waals surface area contributed by atoms with Crippen LogP contribution in [0.1, 0.15) is 99.3 Å². The fourth-order valence-electron chi connectivity index (χ4n) is 14.7. The molecule has 0 spiro atoms. The van der Waals surface area contributed by atoms with Gasteiger partial charge in [0.15, 0.2) is 0 Å². The van der Waals surface area contributed by atoms with Crippen LogP contribution in [0.2, 0.25) is 39.3 Å². The van der Waals surface area contributed by atoms with Crippen molar-refractivity contribution in [3.05, 3.63) is 107 Å². The first-order chi connectivity index (χ1) is 26.7. The Morgan fingerprint density at radius 2 is 1.00 bits per heavy atom. The van der Waals surface area contributed by atoms with Gasteiger partial charge in [0.05, 0.1) is 8.07 Å². The fourth-order valence-corrected chi connectivity index (χ4v) is 28.7. The first-order valence-electron chi connectivity index (χ1n) is 22.9. The normalized spacial score (nSPS) is 31.6. The topological polar surface area (TPSA) is 0 Å². The van der Waals surface area contributed by atoms with Crippen molar-refractivity contribution in [1.29, 1.82) is 0 Å². The average Bonchev–Trinajstić information content (AvgIpc) is 3.82. The molecule has 8 fully saturated rings. The average molecular weight is 871 g/mol. The standard InChI is InChI=1S/C47H67P2Si2.C5H5.Fe/c1-32-13-9-11-15-42(32)48(43-16-12-10-14-33(43)2)30-40-23-44(50(3,4)5)45(51(6,7)8)41(40)31-49(46-24-34-17-35(25-46)19-36(18-34)26-46)47-27-37-20-38(28-47)22-39(21-37)29-47;1-2-4-5-3-1;/h9-16,23,34-39H,17-22,24-31H2,1-8H3;1-5H;/q2*-1;+2.